The third kappa shape index (κ3) is 1.82. The topological polar surface area (TPSA) is 23.8 Å². The number of nitrogens with zero attached hydrogens (tertiary/aromatic N) is 1. The molecule has 0 spiro atoms. The molecule has 0 aromatic carbocycles. The molecule has 0 N–H and O–H groups in total. The van der Waals surface area contributed by atoms with Crippen LogP contribution in [0.15, 0.2) is 12.2 Å². The fourth-order valence-electron chi connectivity index (χ4n) is 1.56. The van der Waals surface area contributed by atoms with Gasteiger partial charge in [-0.3, -0.25) is 0 Å². The number of nitriles is 1. The van der Waals surface area contributed by atoms with Crippen LogP contribution in [0.4, 0.5) is 0 Å². The predicted octanol–water partition coefficient (Wildman–Crippen LogP) is 3.16. The van der Waals surface area contributed by atoms with Crippen molar-refractivity contribution in [2.24, 2.45) is 17.3 Å². The van der Waals surface area contributed by atoms with Crippen LogP contribution >= 0.6 is 22.6 Å². The summed E-state index contributed by atoms with van der Waals surface area (Å²) in [5, 5.41) is 8.81. The van der Waals surface area contributed by atoms with Gasteiger partial charge in [0.25, 0.3) is 0 Å². The predicted molar refractivity (Wildman–Crippen MR) is 59.0 cm³/mol. The van der Waals surface area contributed by atoms with E-state index in [1.165, 1.54) is 0 Å². The smallest absolute Gasteiger partial charge is 0.0767 e. The first-order valence-electron chi connectivity index (χ1n) is 4.19. The summed E-state index contributed by atoms with van der Waals surface area (Å²) in [5.41, 5.74) is 0.286. The van der Waals surface area contributed by atoms with Gasteiger partial charge in [-0.25, -0.2) is 0 Å². The highest BCUT2D eigenvalue weighted by atomic mass is 127. The molecular weight excluding hydrogens is 261 g/mol. The Labute approximate surface area is 88.0 Å². The minimum atomic E-state index is 0.120. The zero-order valence-electron chi connectivity index (χ0n) is 7.71. The standard InChI is InChI=1S/C10H14IN/c1-10(2,3)8-5-4-7(6-12)9(8)11/h4-5,7-9H,1-3H3/t7?,8-,9?/m0/s1. The highest BCUT2D eigenvalue weighted by molar-refractivity contribution is 14.1. The largest absolute Gasteiger partial charge is 0.198 e. The molecule has 1 aliphatic rings. The zero-order valence-corrected chi connectivity index (χ0v) is 9.87. The molecule has 0 saturated heterocycles. The second-order valence-electron chi connectivity index (χ2n) is 4.38. The van der Waals surface area contributed by atoms with Gasteiger partial charge >= 0.3 is 0 Å². The van der Waals surface area contributed by atoms with Gasteiger partial charge < -0.3 is 0 Å². The van der Waals surface area contributed by atoms with Crippen LogP contribution in [-0.4, -0.2) is 3.92 Å². The van der Waals surface area contributed by atoms with Crippen molar-refractivity contribution in [3.05, 3.63) is 12.2 Å². The molecule has 0 aliphatic heterocycles. The molecule has 0 fully saturated rings. The van der Waals surface area contributed by atoms with Crippen molar-refractivity contribution in [1.29, 1.82) is 5.26 Å². The Balaban J connectivity index is 2.76. The van der Waals surface area contributed by atoms with E-state index in [0.29, 0.717) is 9.84 Å². The number of alkyl halides is 1. The lowest BCUT2D eigenvalue weighted by atomic mass is 9.79. The first kappa shape index (κ1) is 10.0. The van der Waals surface area contributed by atoms with Crippen molar-refractivity contribution in [1.82, 2.24) is 0 Å². The minimum Gasteiger partial charge on any atom is -0.198 e. The third-order valence-electron chi connectivity index (χ3n) is 2.36. The van der Waals surface area contributed by atoms with Gasteiger partial charge in [-0.15, -0.1) is 0 Å². The summed E-state index contributed by atoms with van der Waals surface area (Å²) in [6, 6.07) is 2.32. The van der Waals surface area contributed by atoms with Crippen LogP contribution in [0.3, 0.4) is 0 Å². The number of halogens is 1. The number of hydrogen-bond donors (Lipinski definition) is 0. The van der Waals surface area contributed by atoms with E-state index in [2.05, 4.69) is 55.5 Å². The molecule has 0 amide bonds. The van der Waals surface area contributed by atoms with Crippen molar-refractivity contribution in [3.8, 4) is 6.07 Å². The summed E-state index contributed by atoms with van der Waals surface area (Å²) in [4.78, 5) is 0. The van der Waals surface area contributed by atoms with Gasteiger partial charge in [-0.05, 0) is 11.3 Å². The Morgan fingerprint density at radius 2 is 1.92 bits per heavy atom. The Hall–Kier alpha value is -0.0400. The average molecular weight is 275 g/mol. The summed E-state index contributed by atoms with van der Waals surface area (Å²) in [5.74, 6) is 0.664. The summed E-state index contributed by atoms with van der Waals surface area (Å²) >= 11 is 2.40. The zero-order chi connectivity index (χ0) is 9.35. The van der Waals surface area contributed by atoms with E-state index in [-0.39, 0.29) is 11.3 Å². The van der Waals surface area contributed by atoms with Crippen molar-refractivity contribution in [2.75, 3.05) is 0 Å². The lowest BCUT2D eigenvalue weighted by molar-refractivity contribution is 0.294. The normalized spacial score (nSPS) is 35.1. The van der Waals surface area contributed by atoms with Gasteiger partial charge in [0, 0.05) is 3.92 Å². The molecule has 2 heteroatoms. The SMILES string of the molecule is CC(C)(C)[C@H]1C=CC(C#N)C1I. The van der Waals surface area contributed by atoms with E-state index in [1.807, 2.05) is 6.08 Å². The van der Waals surface area contributed by atoms with Crippen LogP contribution in [0.25, 0.3) is 0 Å². The van der Waals surface area contributed by atoms with Gasteiger partial charge in [-0.2, -0.15) is 5.26 Å². The molecule has 0 radical (unpaired) electrons. The summed E-state index contributed by atoms with van der Waals surface area (Å²) in [6.45, 7) is 6.69. The molecule has 0 saturated carbocycles. The first-order chi connectivity index (χ1) is 5.46. The number of hydrogen-bond acceptors (Lipinski definition) is 1. The second kappa shape index (κ2) is 3.37. The van der Waals surface area contributed by atoms with Gasteiger partial charge in [0.15, 0.2) is 0 Å². The van der Waals surface area contributed by atoms with Gasteiger partial charge in [0.1, 0.15) is 0 Å². The maximum atomic E-state index is 8.81. The Bertz CT molecular complexity index is 231. The number of allylic oxidation sites excluding steroid dienone is 2. The van der Waals surface area contributed by atoms with Crippen LogP contribution < -0.4 is 0 Å². The number of rotatable bonds is 0. The highest BCUT2D eigenvalue weighted by Crippen LogP contribution is 2.41. The van der Waals surface area contributed by atoms with Crippen molar-refractivity contribution in [3.63, 3.8) is 0 Å². The van der Waals surface area contributed by atoms with Gasteiger partial charge in [-0.1, -0.05) is 55.5 Å². The second-order valence-corrected chi connectivity index (χ2v) is 5.81. The van der Waals surface area contributed by atoms with E-state index >= 15 is 0 Å². The molecule has 1 rings (SSSR count). The molecule has 1 nitrogen and oxygen atoms in total. The van der Waals surface area contributed by atoms with Crippen molar-refractivity contribution < 1.29 is 0 Å². The molecule has 0 bridgehead atoms. The van der Waals surface area contributed by atoms with Crippen molar-refractivity contribution in [2.45, 2.75) is 24.7 Å². The molecule has 0 aromatic rings. The first-order valence-corrected chi connectivity index (χ1v) is 5.43. The van der Waals surface area contributed by atoms with Crippen molar-refractivity contribution >= 4 is 22.6 Å². The molecule has 0 aromatic heterocycles. The third-order valence-corrected chi connectivity index (χ3v) is 3.91. The van der Waals surface area contributed by atoms with Crippen LogP contribution in [0, 0.1) is 28.6 Å². The van der Waals surface area contributed by atoms with E-state index < -0.39 is 0 Å². The highest BCUT2D eigenvalue weighted by Gasteiger charge is 2.36. The Morgan fingerprint density at radius 1 is 1.33 bits per heavy atom. The fraction of sp³-hybridized carbons (Fsp3) is 0.700. The van der Waals surface area contributed by atoms with E-state index in [9.17, 15) is 0 Å². The maximum absolute atomic E-state index is 8.81. The Morgan fingerprint density at radius 3 is 2.17 bits per heavy atom. The lowest BCUT2D eigenvalue weighted by Gasteiger charge is -2.29. The molecule has 3 atom stereocenters. The summed E-state index contributed by atoms with van der Waals surface area (Å²) in [6.07, 6.45) is 4.25. The monoisotopic (exact) mass is 275 g/mol. The van der Waals surface area contributed by atoms with Crippen LogP contribution in [0.1, 0.15) is 20.8 Å². The molecule has 0 heterocycles. The van der Waals surface area contributed by atoms with E-state index in [1.54, 1.807) is 0 Å². The molecule has 66 valence electrons. The fourth-order valence-corrected chi connectivity index (χ4v) is 3.27. The van der Waals surface area contributed by atoms with Crippen LogP contribution in [-0.2, 0) is 0 Å². The van der Waals surface area contributed by atoms with E-state index in [4.69, 9.17) is 5.26 Å². The summed E-state index contributed by atoms with van der Waals surface area (Å²) < 4.78 is 0.451. The van der Waals surface area contributed by atoms with Gasteiger partial charge in [0.05, 0.1) is 12.0 Å². The summed E-state index contributed by atoms with van der Waals surface area (Å²) in [7, 11) is 0. The van der Waals surface area contributed by atoms with Crippen LogP contribution in [0.5, 0.6) is 0 Å². The molecule has 2 unspecified atom stereocenters. The quantitative estimate of drug-likeness (QED) is 0.378. The lowest BCUT2D eigenvalue weighted by Crippen LogP contribution is -2.26. The molecular formula is C10H14IN. The van der Waals surface area contributed by atoms with Gasteiger partial charge in [0.2, 0.25) is 0 Å². The minimum absolute atomic E-state index is 0.120. The molecule has 1 aliphatic carbocycles. The maximum Gasteiger partial charge on any atom is 0.0767 e. The molecule has 12 heavy (non-hydrogen) atoms. The van der Waals surface area contributed by atoms with Crippen LogP contribution in [0.2, 0.25) is 0 Å². The van der Waals surface area contributed by atoms with E-state index in [0.717, 1.165) is 0 Å². The average Bonchev–Trinajstić information content (AvgIpc) is 2.29. The Kier molecular flexibility index (Phi) is 2.82.